The standard InChI is InChI=1S/C8H18N2/c1-5-6-7-9-10-8(2,3)4/h5-7H2,1-4H3. The van der Waals surface area contributed by atoms with Crippen LogP contribution < -0.4 is 0 Å². The van der Waals surface area contributed by atoms with Gasteiger partial charge in [0.15, 0.2) is 0 Å². The van der Waals surface area contributed by atoms with Crippen LogP contribution >= 0.6 is 0 Å². The highest BCUT2D eigenvalue weighted by molar-refractivity contribution is 4.66. The van der Waals surface area contributed by atoms with Crippen LogP contribution in [0.15, 0.2) is 10.2 Å². The third kappa shape index (κ3) is 7.60. The van der Waals surface area contributed by atoms with Gasteiger partial charge in [0, 0.05) is 0 Å². The molecule has 0 aromatic carbocycles. The zero-order chi connectivity index (χ0) is 8.04. The molecule has 0 aromatic heterocycles. The smallest absolute Gasteiger partial charge is 0.0732 e. The van der Waals surface area contributed by atoms with Crippen LogP contribution in [0.25, 0.3) is 0 Å². The lowest BCUT2D eigenvalue weighted by molar-refractivity contribution is 0.534. The van der Waals surface area contributed by atoms with E-state index in [0.29, 0.717) is 0 Å². The summed E-state index contributed by atoms with van der Waals surface area (Å²) in [6.07, 6.45) is 2.35. The molecule has 0 heterocycles. The highest BCUT2D eigenvalue weighted by atomic mass is 15.1. The quantitative estimate of drug-likeness (QED) is 0.427. The Labute approximate surface area is 63.7 Å². The first-order valence-corrected chi connectivity index (χ1v) is 3.95. The lowest BCUT2D eigenvalue weighted by Crippen LogP contribution is -2.08. The second-order valence-corrected chi connectivity index (χ2v) is 3.49. The van der Waals surface area contributed by atoms with E-state index in [-0.39, 0.29) is 5.54 Å². The van der Waals surface area contributed by atoms with Gasteiger partial charge in [-0.2, -0.15) is 10.2 Å². The van der Waals surface area contributed by atoms with Crippen LogP contribution in [0.5, 0.6) is 0 Å². The highest BCUT2D eigenvalue weighted by Crippen LogP contribution is 2.06. The molecule has 10 heavy (non-hydrogen) atoms. The molecule has 0 atom stereocenters. The molecule has 0 radical (unpaired) electrons. The van der Waals surface area contributed by atoms with Crippen molar-refractivity contribution in [1.82, 2.24) is 0 Å². The fraction of sp³-hybridized carbons (Fsp3) is 1.00. The molecule has 0 saturated heterocycles. The molecule has 0 N–H and O–H groups in total. The van der Waals surface area contributed by atoms with Crippen molar-refractivity contribution in [2.75, 3.05) is 6.54 Å². The van der Waals surface area contributed by atoms with Gasteiger partial charge in [0.2, 0.25) is 0 Å². The first kappa shape index (κ1) is 9.60. The molecule has 2 nitrogen and oxygen atoms in total. The summed E-state index contributed by atoms with van der Waals surface area (Å²) in [6, 6.07) is 0. The third-order valence-electron chi connectivity index (χ3n) is 0.982. The van der Waals surface area contributed by atoms with Crippen LogP contribution in [0.3, 0.4) is 0 Å². The predicted octanol–water partition coefficient (Wildman–Crippen LogP) is 3.04. The molecule has 0 aliphatic heterocycles. The Hall–Kier alpha value is -0.400. The molecular weight excluding hydrogens is 124 g/mol. The Bertz CT molecular complexity index is 100. The molecule has 0 spiro atoms. The number of azo groups is 1. The molecular formula is C8H18N2. The van der Waals surface area contributed by atoms with Gasteiger partial charge in [-0.25, -0.2) is 0 Å². The minimum Gasteiger partial charge on any atom is -0.194 e. The summed E-state index contributed by atoms with van der Waals surface area (Å²) in [5.41, 5.74) is 0.00768. The molecule has 2 heteroatoms. The van der Waals surface area contributed by atoms with Crippen molar-refractivity contribution < 1.29 is 0 Å². The van der Waals surface area contributed by atoms with Crippen molar-refractivity contribution in [3.05, 3.63) is 0 Å². The van der Waals surface area contributed by atoms with Gasteiger partial charge in [0.1, 0.15) is 0 Å². The summed E-state index contributed by atoms with van der Waals surface area (Å²) in [7, 11) is 0. The lowest BCUT2D eigenvalue weighted by Gasteiger charge is -2.08. The minimum atomic E-state index is 0.00768. The summed E-state index contributed by atoms with van der Waals surface area (Å²) in [4.78, 5) is 0. The normalized spacial score (nSPS) is 12.8. The van der Waals surface area contributed by atoms with Crippen molar-refractivity contribution in [2.24, 2.45) is 10.2 Å². The molecule has 0 fully saturated rings. The zero-order valence-electron chi connectivity index (χ0n) is 7.52. The molecule has 0 aliphatic rings. The Morgan fingerprint density at radius 1 is 1.20 bits per heavy atom. The number of nitrogens with zero attached hydrogens (tertiary/aromatic N) is 2. The summed E-state index contributed by atoms with van der Waals surface area (Å²) < 4.78 is 0. The second-order valence-electron chi connectivity index (χ2n) is 3.49. The van der Waals surface area contributed by atoms with Crippen molar-refractivity contribution in [3.63, 3.8) is 0 Å². The van der Waals surface area contributed by atoms with E-state index in [9.17, 15) is 0 Å². The maximum atomic E-state index is 4.12. The van der Waals surface area contributed by atoms with Crippen LogP contribution in [0.4, 0.5) is 0 Å². The van der Waals surface area contributed by atoms with E-state index in [2.05, 4.69) is 37.9 Å². The molecule has 0 saturated carbocycles. The number of hydrogen-bond acceptors (Lipinski definition) is 2. The fourth-order valence-corrected chi connectivity index (χ4v) is 0.491. The number of unbranched alkanes of at least 4 members (excludes halogenated alkanes) is 1. The van der Waals surface area contributed by atoms with E-state index in [1.165, 1.54) is 6.42 Å². The van der Waals surface area contributed by atoms with Crippen LogP contribution in [0.2, 0.25) is 0 Å². The van der Waals surface area contributed by atoms with Gasteiger partial charge in [-0.1, -0.05) is 13.3 Å². The van der Waals surface area contributed by atoms with Gasteiger partial charge < -0.3 is 0 Å². The minimum absolute atomic E-state index is 0.00768. The van der Waals surface area contributed by atoms with E-state index in [1.807, 2.05) is 0 Å². The van der Waals surface area contributed by atoms with Crippen molar-refractivity contribution in [1.29, 1.82) is 0 Å². The van der Waals surface area contributed by atoms with Gasteiger partial charge in [0.05, 0.1) is 12.1 Å². The molecule has 0 unspecified atom stereocenters. The van der Waals surface area contributed by atoms with E-state index >= 15 is 0 Å². The molecule has 60 valence electrons. The monoisotopic (exact) mass is 142 g/mol. The highest BCUT2D eigenvalue weighted by Gasteiger charge is 2.05. The second kappa shape index (κ2) is 4.42. The van der Waals surface area contributed by atoms with E-state index in [4.69, 9.17) is 0 Å². The predicted molar refractivity (Wildman–Crippen MR) is 44.4 cm³/mol. The molecule has 0 rings (SSSR count). The van der Waals surface area contributed by atoms with Gasteiger partial charge in [0.25, 0.3) is 0 Å². The maximum absolute atomic E-state index is 4.12. The molecule has 0 bridgehead atoms. The van der Waals surface area contributed by atoms with Gasteiger partial charge in [-0.05, 0) is 27.2 Å². The summed E-state index contributed by atoms with van der Waals surface area (Å²) >= 11 is 0. The first-order valence-electron chi connectivity index (χ1n) is 3.95. The third-order valence-corrected chi connectivity index (χ3v) is 0.982. The first-order chi connectivity index (χ1) is 4.56. The van der Waals surface area contributed by atoms with Crippen LogP contribution in [-0.2, 0) is 0 Å². The Kier molecular flexibility index (Phi) is 4.24. The Morgan fingerprint density at radius 3 is 2.20 bits per heavy atom. The van der Waals surface area contributed by atoms with Crippen LogP contribution in [0.1, 0.15) is 40.5 Å². The van der Waals surface area contributed by atoms with E-state index in [1.54, 1.807) is 0 Å². The summed E-state index contributed by atoms with van der Waals surface area (Å²) in [6.45, 7) is 9.22. The van der Waals surface area contributed by atoms with Crippen molar-refractivity contribution in [3.8, 4) is 0 Å². The molecule has 0 amide bonds. The van der Waals surface area contributed by atoms with Gasteiger partial charge in [-0.15, -0.1) is 0 Å². The maximum Gasteiger partial charge on any atom is 0.0732 e. The Morgan fingerprint density at radius 2 is 1.80 bits per heavy atom. The van der Waals surface area contributed by atoms with Gasteiger partial charge >= 0.3 is 0 Å². The fourth-order valence-electron chi connectivity index (χ4n) is 0.491. The van der Waals surface area contributed by atoms with E-state index < -0.39 is 0 Å². The number of rotatable bonds is 3. The number of hydrogen-bond donors (Lipinski definition) is 0. The topological polar surface area (TPSA) is 24.7 Å². The zero-order valence-corrected chi connectivity index (χ0v) is 7.52. The van der Waals surface area contributed by atoms with Crippen LogP contribution in [-0.4, -0.2) is 12.1 Å². The van der Waals surface area contributed by atoms with Crippen molar-refractivity contribution >= 4 is 0 Å². The lowest BCUT2D eigenvalue weighted by atomic mass is 10.1. The molecule has 0 aliphatic carbocycles. The SMILES string of the molecule is CCCCN=NC(C)(C)C. The summed E-state index contributed by atoms with van der Waals surface area (Å²) in [5.74, 6) is 0. The average molecular weight is 142 g/mol. The average Bonchev–Trinajstić information content (AvgIpc) is 1.78. The van der Waals surface area contributed by atoms with E-state index in [0.717, 1.165) is 13.0 Å². The van der Waals surface area contributed by atoms with Crippen LogP contribution in [0, 0.1) is 0 Å². The van der Waals surface area contributed by atoms with Gasteiger partial charge in [-0.3, -0.25) is 0 Å². The largest absolute Gasteiger partial charge is 0.194 e. The van der Waals surface area contributed by atoms with Crippen molar-refractivity contribution in [2.45, 2.75) is 46.1 Å². The summed E-state index contributed by atoms with van der Waals surface area (Å²) in [5, 5.41) is 8.18. The Balaban J connectivity index is 3.37. The molecule has 0 aromatic rings.